The minimum Gasteiger partial charge on any atom is -0.414 e. The molecule has 0 atom stereocenters. The lowest BCUT2D eigenvalue weighted by molar-refractivity contribution is -0.137. The van der Waals surface area contributed by atoms with Crippen LogP contribution in [0.1, 0.15) is 27.5 Å². The van der Waals surface area contributed by atoms with Gasteiger partial charge in [0, 0.05) is 17.5 Å². The van der Waals surface area contributed by atoms with Crippen LogP contribution >= 0.6 is 11.8 Å². The molecule has 10 heteroatoms. The first-order valence-corrected chi connectivity index (χ1v) is 8.71. The van der Waals surface area contributed by atoms with Crippen LogP contribution in [0.3, 0.4) is 0 Å². The Hall–Kier alpha value is -2.88. The van der Waals surface area contributed by atoms with Gasteiger partial charge in [0.25, 0.3) is 11.1 Å². The molecule has 140 valence electrons. The number of carbonyl (C=O) groups is 1. The molecule has 0 saturated carbocycles. The summed E-state index contributed by atoms with van der Waals surface area (Å²) in [6.07, 6.45) is -2.83. The van der Waals surface area contributed by atoms with Crippen molar-refractivity contribution in [3.63, 3.8) is 0 Å². The lowest BCUT2D eigenvalue weighted by Crippen LogP contribution is -2.23. The van der Waals surface area contributed by atoms with Gasteiger partial charge < -0.3 is 9.73 Å². The lowest BCUT2D eigenvalue weighted by atomic mass is 10.1. The number of alkyl halides is 3. The third kappa shape index (κ3) is 5.30. The number of amides is 1. The van der Waals surface area contributed by atoms with Crippen LogP contribution in [0, 0.1) is 0 Å². The Bertz CT molecular complexity index is 916. The summed E-state index contributed by atoms with van der Waals surface area (Å²) in [5, 5.41) is 10.4. The van der Waals surface area contributed by atoms with Crippen molar-refractivity contribution in [1.82, 2.24) is 20.5 Å². The highest BCUT2D eigenvalue weighted by Crippen LogP contribution is 2.29. The van der Waals surface area contributed by atoms with Crippen molar-refractivity contribution in [3.8, 4) is 0 Å². The van der Waals surface area contributed by atoms with Gasteiger partial charge in [-0.3, -0.25) is 9.78 Å². The van der Waals surface area contributed by atoms with Crippen LogP contribution in [0.4, 0.5) is 13.2 Å². The average Bonchev–Trinajstić information content (AvgIpc) is 3.13. The van der Waals surface area contributed by atoms with E-state index in [-0.39, 0.29) is 18.0 Å². The van der Waals surface area contributed by atoms with Crippen molar-refractivity contribution >= 4 is 17.7 Å². The molecule has 1 N–H and O–H groups in total. The number of thioether (sulfide) groups is 1. The monoisotopic (exact) mass is 394 g/mol. The largest absolute Gasteiger partial charge is 0.416 e. The molecule has 0 fully saturated rings. The number of hydrogen-bond acceptors (Lipinski definition) is 6. The van der Waals surface area contributed by atoms with E-state index < -0.39 is 17.6 Å². The quantitative estimate of drug-likeness (QED) is 0.642. The van der Waals surface area contributed by atoms with E-state index in [1.165, 1.54) is 23.9 Å². The Labute approximate surface area is 156 Å². The Morgan fingerprint density at radius 2 is 2.00 bits per heavy atom. The zero-order valence-corrected chi connectivity index (χ0v) is 14.5. The molecule has 0 spiro atoms. The Kier molecular flexibility index (Phi) is 5.75. The topological polar surface area (TPSA) is 80.9 Å². The van der Waals surface area contributed by atoms with Gasteiger partial charge in [-0.2, -0.15) is 13.2 Å². The molecule has 0 aliphatic heterocycles. The molecule has 0 aliphatic rings. The number of nitrogens with zero attached hydrogens (tertiary/aromatic N) is 3. The molecule has 2 heterocycles. The minimum absolute atomic E-state index is 0.0910. The Morgan fingerprint density at radius 3 is 2.74 bits per heavy atom. The van der Waals surface area contributed by atoms with Crippen LogP contribution in [-0.4, -0.2) is 21.1 Å². The van der Waals surface area contributed by atoms with Gasteiger partial charge in [0.1, 0.15) is 0 Å². The van der Waals surface area contributed by atoms with E-state index in [4.69, 9.17) is 4.42 Å². The number of nitrogens with one attached hydrogen (secondary N) is 1. The maximum Gasteiger partial charge on any atom is 0.416 e. The summed E-state index contributed by atoms with van der Waals surface area (Å²) in [4.78, 5) is 16.2. The second-order valence-electron chi connectivity index (χ2n) is 5.33. The number of halogens is 3. The molecule has 0 bridgehead atoms. The summed E-state index contributed by atoms with van der Waals surface area (Å²) in [6.45, 7) is -0.0910. The predicted molar refractivity (Wildman–Crippen MR) is 90.7 cm³/mol. The molecule has 1 amide bonds. The summed E-state index contributed by atoms with van der Waals surface area (Å²) >= 11 is 1.29. The zero-order chi connectivity index (χ0) is 19.3. The number of carbonyl (C=O) groups excluding carboxylic acids is 1. The fourth-order valence-corrected chi connectivity index (χ4v) is 2.78. The number of benzene rings is 1. The first-order valence-electron chi connectivity index (χ1n) is 7.72. The molecular weight excluding hydrogens is 381 g/mol. The number of rotatable bonds is 6. The normalized spacial score (nSPS) is 11.4. The van der Waals surface area contributed by atoms with Gasteiger partial charge in [-0.1, -0.05) is 23.9 Å². The molecule has 3 rings (SSSR count). The summed E-state index contributed by atoms with van der Waals surface area (Å²) in [7, 11) is 0. The van der Waals surface area contributed by atoms with Gasteiger partial charge in [0.2, 0.25) is 5.89 Å². The SMILES string of the molecule is O=C(NCc1nnc(SCc2ccccn2)o1)c1cccc(C(F)(F)F)c1. The van der Waals surface area contributed by atoms with Crippen molar-refractivity contribution in [3.05, 3.63) is 71.4 Å². The fourth-order valence-electron chi connectivity index (χ4n) is 2.08. The van der Waals surface area contributed by atoms with Gasteiger partial charge in [-0.25, -0.2) is 0 Å². The third-order valence-electron chi connectivity index (χ3n) is 3.37. The predicted octanol–water partition coefficient (Wildman–Crippen LogP) is 3.71. The maximum atomic E-state index is 12.7. The van der Waals surface area contributed by atoms with Crippen LogP contribution < -0.4 is 5.32 Å². The van der Waals surface area contributed by atoms with Gasteiger partial charge >= 0.3 is 6.18 Å². The molecule has 0 radical (unpaired) electrons. The van der Waals surface area contributed by atoms with Crippen LogP contribution in [0.15, 0.2) is 58.3 Å². The molecule has 0 saturated heterocycles. The van der Waals surface area contributed by atoms with E-state index >= 15 is 0 Å². The van der Waals surface area contributed by atoms with Crippen LogP contribution in [-0.2, 0) is 18.5 Å². The minimum atomic E-state index is -4.51. The van der Waals surface area contributed by atoms with E-state index in [2.05, 4.69) is 20.5 Å². The second-order valence-corrected chi connectivity index (χ2v) is 6.26. The van der Waals surface area contributed by atoms with E-state index in [0.29, 0.717) is 11.0 Å². The highest BCUT2D eigenvalue weighted by molar-refractivity contribution is 7.98. The molecule has 1 aromatic carbocycles. The standard InChI is InChI=1S/C17H13F3N4O2S/c18-17(19,20)12-5-3-4-11(8-12)15(25)22-9-14-23-24-16(26-14)27-10-13-6-1-2-7-21-13/h1-8H,9-10H2,(H,22,25). The van der Waals surface area contributed by atoms with Crippen molar-refractivity contribution in [1.29, 1.82) is 0 Å². The van der Waals surface area contributed by atoms with Gasteiger partial charge in [-0.05, 0) is 30.3 Å². The molecule has 27 heavy (non-hydrogen) atoms. The molecule has 0 aliphatic carbocycles. The molecule has 3 aromatic rings. The van der Waals surface area contributed by atoms with E-state index in [9.17, 15) is 18.0 Å². The van der Waals surface area contributed by atoms with Crippen molar-refractivity contribution < 1.29 is 22.4 Å². The molecule has 6 nitrogen and oxygen atoms in total. The Morgan fingerprint density at radius 1 is 1.15 bits per heavy atom. The van der Waals surface area contributed by atoms with Gasteiger partial charge in [0.05, 0.1) is 17.8 Å². The second kappa shape index (κ2) is 8.21. The molecular formula is C17H13F3N4O2S. The maximum absolute atomic E-state index is 12.7. The zero-order valence-electron chi connectivity index (χ0n) is 13.7. The lowest BCUT2D eigenvalue weighted by Gasteiger charge is -2.08. The van der Waals surface area contributed by atoms with E-state index in [1.54, 1.807) is 6.20 Å². The van der Waals surface area contributed by atoms with E-state index in [0.717, 1.165) is 17.8 Å². The highest BCUT2D eigenvalue weighted by atomic mass is 32.2. The highest BCUT2D eigenvalue weighted by Gasteiger charge is 2.30. The van der Waals surface area contributed by atoms with E-state index in [1.807, 2.05) is 18.2 Å². The van der Waals surface area contributed by atoms with Crippen molar-refractivity contribution in [2.45, 2.75) is 23.7 Å². The first-order chi connectivity index (χ1) is 12.9. The molecule has 0 unspecified atom stereocenters. The fraction of sp³-hybridized carbons (Fsp3) is 0.176. The van der Waals surface area contributed by atoms with Crippen LogP contribution in [0.5, 0.6) is 0 Å². The Balaban J connectivity index is 1.54. The number of hydrogen-bond donors (Lipinski definition) is 1. The molecule has 2 aromatic heterocycles. The first kappa shape index (κ1) is 18.9. The third-order valence-corrected chi connectivity index (χ3v) is 4.22. The summed E-state index contributed by atoms with van der Waals surface area (Å²) in [5.74, 6) is 0.0276. The van der Waals surface area contributed by atoms with Gasteiger partial charge in [-0.15, -0.1) is 10.2 Å². The van der Waals surface area contributed by atoms with Crippen LogP contribution in [0.2, 0.25) is 0 Å². The smallest absolute Gasteiger partial charge is 0.414 e. The van der Waals surface area contributed by atoms with Gasteiger partial charge in [0.15, 0.2) is 0 Å². The summed E-state index contributed by atoms with van der Waals surface area (Å²) in [6, 6.07) is 9.71. The summed E-state index contributed by atoms with van der Waals surface area (Å²) < 4.78 is 43.5. The average molecular weight is 394 g/mol. The summed E-state index contributed by atoms with van der Waals surface area (Å²) in [5.41, 5.74) is -0.143. The van der Waals surface area contributed by atoms with Crippen molar-refractivity contribution in [2.24, 2.45) is 0 Å². The number of pyridine rings is 1. The van der Waals surface area contributed by atoms with Crippen molar-refractivity contribution in [2.75, 3.05) is 0 Å². The van der Waals surface area contributed by atoms with Crippen LogP contribution in [0.25, 0.3) is 0 Å². The number of aromatic nitrogens is 3.